The number of imidazole rings is 1. The molecule has 96 valence electrons. The molecule has 2 N–H and O–H groups in total. The van der Waals surface area contributed by atoms with Crippen LogP contribution in [0, 0.1) is 0 Å². The van der Waals surface area contributed by atoms with Crippen LogP contribution in [0.25, 0.3) is 11.6 Å². The number of hydrogen-bond acceptors (Lipinski definition) is 4. The number of allylic oxidation sites excluding steroid dienone is 1. The number of H-pyrrole nitrogens is 1. The molecule has 0 unspecified atom stereocenters. The quantitative estimate of drug-likeness (QED) is 0.819. The van der Waals surface area contributed by atoms with Crippen LogP contribution in [0.3, 0.4) is 0 Å². The summed E-state index contributed by atoms with van der Waals surface area (Å²) in [6.07, 6.45) is 5.54. The maximum absolute atomic E-state index is 9.77. The summed E-state index contributed by atoms with van der Waals surface area (Å²) in [6.45, 7) is 0. The Hall–Kier alpha value is -1.53. The van der Waals surface area contributed by atoms with Gasteiger partial charge in [-0.3, -0.25) is 4.99 Å². The third-order valence-corrected chi connectivity index (χ3v) is 3.87. The van der Waals surface area contributed by atoms with Crippen LogP contribution in [0.1, 0.15) is 11.3 Å². The number of hydrogen-bond donors (Lipinski definition) is 2. The van der Waals surface area contributed by atoms with Gasteiger partial charge in [0.05, 0.1) is 5.69 Å². The van der Waals surface area contributed by atoms with Crippen molar-refractivity contribution in [1.82, 2.24) is 9.97 Å². The predicted octanol–water partition coefficient (Wildman–Crippen LogP) is 3.86. The first-order valence-electron chi connectivity index (χ1n) is 5.56. The van der Waals surface area contributed by atoms with Crippen LogP contribution in [-0.2, 0) is 0 Å². The summed E-state index contributed by atoms with van der Waals surface area (Å²) < 4.78 is 1.00. The lowest BCUT2D eigenvalue weighted by molar-refractivity contribution is 0.453. The van der Waals surface area contributed by atoms with Gasteiger partial charge in [0.15, 0.2) is 5.16 Å². The fourth-order valence-electron chi connectivity index (χ4n) is 1.88. The highest BCUT2D eigenvalue weighted by atomic mass is 79.9. The predicted molar refractivity (Wildman–Crippen MR) is 82.2 cm³/mol. The van der Waals surface area contributed by atoms with Crippen LogP contribution in [0.4, 0.5) is 5.69 Å². The topological polar surface area (TPSA) is 61.3 Å². The molecular formula is C13H10BrN3OS. The lowest BCUT2D eigenvalue weighted by atomic mass is 10.1. The Morgan fingerprint density at radius 3 is 3.00 bits per heavy atom. The fourth-order valence-corrected chi connectivity index (χ4v) is 2.63. The number of aromatic nitrogens is 2. The summed E-state index contributed by atoms with van der Waals surface area (Å²) in [5, 5.41) is 10.5. The van der Waals surface area contributed by atoms with E-state index in [1.165, 1.54) is 11.8 Å². The molecule has 1 aromatic carbocycles. The van der Waals surface area contributed by atoms with Crippen molar-refractivity contribution in [1.29, 1.82) is 0 Å². The van der Waals surface area contributed by atoms with E-state index in [0.29, 0.717) is 10.9 Å². The molecule has 1 aliphatic rings. The number of nitrogens with one attached hydrogen (secondary N) is 1. The highest BCUT2D eigenvalue weighted by molar-refractivity contribution is 9.10. The van der Waals surface area contributed by atoms with Crippen LogP contribution in [0.15, 0.2) is 32.8 Å². The average molecular weight is 336 g/mol. The first kappa shape index (κ1) is 12.5. The third-order valence-electron chi connectivity index (χ3n) is 2.80. The van der Waals surface area contributed by atoms with Crippen molar-refractivity contribution < 1.29 is 5.11 Å². The van der Waals surface area contributed by atoms with Gasteiger partial charge in [-0.05, 0) is 30.5 Å². The lowest BCUT2D eigenvalue weighted by Crippen LogP contribution is -1.82. The standard InChI is InChI=1S/C13H10BrN3OS/c1-19-13-16-11(12(18)17-13)4-7-6-15-10-3-2-8(14)5-9(7)10/h2-6,18H,1H3,(H,16,17)/b7-4+. The van der Waals surface area contributed by atoms with Crippen LogP contribution in [0.5, 0.6) is 5.88 Å². The molecule has 0 saturated heterocycles. The Kier molecular flexibility index (Phi) is 3.20. The number of halogens is 1. The highest BCUT2D eigenvalue weighted by Crippen LogP contribution is 2.35. The number of aromatic amines is 1. The molecule has 2 aromatic rings. The van der Waals surface area contributed by atoms with E-state index in [0.717, 1.165) is 21.3 Å². The largest absolute Gasteiger partial charge is 0.492 e. The molecule has 6 heteroatoms. The van der Waals surface area contributed by atoms with E-state index in [2.05, 4.69) is 30.9 Å². The van der Waals surface area contributed by atoms with Crippen LogP contribution < -0.4 is 0 Å². The second kappa shape index (κ2) is 4.86. The molecule has 1 aromatic heterocycles. The van der Waals surface area contributed by atoms with Gasteiger partial charge in [-0.2, -0.15) is 4.98 Å². The van der Waals surface area contributed by atoms with Crippen molar-refractivity contribution >= 4 is 51.2 Å². The van der Waals surface area contributed by atoms with Crippen molar-refractivity contribution in [3.8, 4) is 5.88 Å². The third kappa shape index (κ3) is 2.33. The van der Waals surface area contributed by atoms with Gasteiger partial charge in [0.1, 0.15) is 5.69 Å². The second-order valence-electron chi connectivity index (χ2n) is 4.00. The summed E-state index contributed by atoms with van der Waals surface area (Å²) in [7, 11) is 0. The van der Waals surface area contributed by atoms with E-state index in [-0.39, 0.29) is 5.88 Å². The van der Waals surface area contributed by atoms with Crippen molar-refractivity contribution in [2.75, 3.05) is 6.26 Å². The summed E-state index contributed by atoms with van der Waals surface area (Å²) in [6, 6.07) is 5.92. The van der Waals surface area contributed by atoms with Crippen LogP contribution in [0.2, 0.25) is 0 Å². The number of rotatable bonds is 2. The first-order valence-corrected chi connectivity index (χ1v) is 7.58. The molecule has 0 aliphatic carbocycles. The zero-order valence-electron chi connectivity index (χ0n) is 10.0. The van der Waals surface area contributed by atoms with Crippen LogP contribution >= 0.6 is 27.7 Å². The van der Waals surface area contributed by atoms with E-state index in [4.69, 9.17) is 0 Å². The molecule has 0 fully saturated rings. The molecule has 0 atom stereocenters. The number of aliphatic imine (C=N–C) groups is 1. The number of aromatic hydroxyl groups is 1. The fraction of sp³-hybridized carbons (Fsp3) is 0.0769. The molecule has 0 bridgehead atoms. The van der Waals surface area contributed by atoms with Gasteiger partial charge in [-0.25, -0.2) is 0 Å². The summed E-state index contributed by atoms with van der Waals surface area (Å²) in [4.78, 5) is 11.4. The van der Waals surface area contributed by atoms with E-state index in [1.807, 2.05) is 30.5 Å². The average Bonchev–Trinajstić information content (AvgIpc) is 2.95. The normalized spacial score (nSPS) is 15.2. The number of thioether (sulfide) groups is 1. The molecule has 2 heterocycles. The van der Waals surface area contributed by atoms with Crippen molar-refractivity contribution in [2.45, 2.75) is 5.16 Å². The van der Waals surface area contributed by atoms with Gasteiger partial charge in [0, 0.05) is 21.8 Å². The Balaban J connectivity index is 2.05. The van der Waals surface area contributed by atoms with E-state index < -0.39 is 0 Å². The Morgan fingerprint density at radius 1 is 1.42 bits per heavy atom. The van der Waals surface area contributed by atoms with Gasteiger partial charge >= 0.3 is 0 Å². The highest BCUT2D eigenvalue weighted by Gasteiger charge is 2.14. The number of fused-ring (bicyclic) bond motifs is 1. The molecular weight excluding hydrogens is 326 g/mol. The summed E-state index contributed by atoms with van der Waals surface area (Å²) in [5.41, 5.74) is 3.51. The van der Waals surface area contributed by atoms with E-state index in [9.17, 15) is 5.11 Å². The number of nitrogens with zero attached hydrogens (tertiary/aromatic N) is 2. The summed E-state index contributed by atoms with van der Waals surface area (Å²) >= 11 is 4.90. The Bertz CT molecular complexity index is 706. The molecule has 0 spiro atoms. The monoisotopic (exact) mass is 335 g/mol. The number of benzene rings is 1. The van der Waals surface area contributed by atoms with Gasteiger partial charge < -0.3 is 10.1 Å². The Morgan fingerprint density at radius 2 is 2.26 bits per heavy atom. The van der Waals surface area contributed by atoms with Crippen LogP contribution in [-0.4, -0.2) is 27.5 Å². The molecule has 4 nitrogen and oxygen atoms in total. The molecule has 0 radical (unpaired) electrons. The van der Waals surface area contributed by atoms with Crippen molar-refractivity contribution in [2.24, 2.45) is 4.99 Å². The first-order chi connectivity index (χ1) is 9.17. The van der Waals surface area contributed by atoms with Crippen molar-refractivity contribution in [3.05, 3.63) is 33.9 Å². The second-order valence-corrected chi connectivity index (χ2v) is 5.71. The van der Waals surface area contributed by atoms with E-state index >= 15 is 0 Å². The Labute approximate surface area is 122 Å². The molecule has 0 saturated carbocycles. The van der Waals surface area contributed by atoms with Crippen molar-refractivity contribution in [3.63, 3.8) is 0 Å². The van der Waals surface area contributed by atoms with Gasteiger partial charge in [-0.15, -0.1) is 0 Å². The lowest BCUT2D eigenvalue weighted by Gasteiger charge is -2.00. The minimum atomic E-state index is 0.00805. The molecule has 0 amide bonds. The molecule has 19 heavy (non-hydrogen) atoms. The maximum Gasteiger partial charge on any atom is 0.237 e. The van der Waals surface area contributed by atoms with E-state index in [1.54, 1.807) is 6.21 Å². The SMILES string of the molecule is CSc1nc(O)c(/C=C2\C=Nc3ccc(Br)cc32)[nH]1. The van der Waals surface area contributed by atoms with Gasteiger partial charge in [0.2, 0.25) is 5.88 Å². The zero-order chi connectivity index (χ0) is 13.4. The zero-order valence-corrected chi connectivity index (χ0v) is 12.4. The smallest absolute Gasteiger partial charge is 0.237 e. The molecule has 1 aliphatic heterocycles. The maximum atomic E-state index is 9.77. The van der Waals surface area contributed by atoms with Gasteiger partial charge in [0.25, 0.3) is 0 Å². The minimum Gasteiger partial charge on any atom is -0.492 e. The van der Waals surface area contributed by atoms with Gasteiger partial charge in [-0.1, -0.05) is 27.7 Å². The summed E-state index contributed by atoms with van der Waals surface area (Å²) in [5.74, 6) is 0.00805. The minimum absolute atomic E-state index is 0.00805. The molecule has 3 rings (SSSR count).